The first kappa shape index (κ1) is 18.5. The van der Waals surface area contributed by atoms with Crippen LogP contribution in [0.15, 0.2) is 30.3 Å². The van der Waals surface area contributed by atoms with Crippen LogP contribution in [0.4, 0.5) is 5.13 Å². The number of aromatic nitrogens is 2. The quantitative estimate of drug-likeness (QED) is 0.767. The summed E-state index contributed by atoms with van der Waals surface area (Å²) in [7, 11) is 0. The summed E-state index contributed by atoms with van der Waals surface area (Å²) in [5, 5.41) is 15.1. The molecular weight excluding hydrogens is 350 g/mol. The van der Waals surface area contributed by atoms with Crippen molar-refractivity contribution in [1.29, 1.82) is 0 Å². The molecule has 26 heavy (non-hydrogen) atoms. The van der Waals surface area contributed by atoms with E-state index >= 15 is 0 Å². The van der Waals surface area contributed by atoms with Gasteiger partial charge in [-0.05, 0) is 18.4 Å². The van der Waals surface area contributed by atoms with E-state index in [1.165, 1.54) is 11.3 Å². The lowest BCUT2D eigenvalue weighted by Crippen LogP contribution is -2.56. The van der Waals surface area contributed by atoms with E-state index < -0.39 is 0 Å². The molecule has 1 atom stereocenters. The Hall–Kier alpha value is -2.32. The van der Waals surface area contributed by atoms with E-state index in [2.05, 4.69) is 25.7 Å². The fourth-order valence-corrected chi connectivity index (χ4v) is 3.66. The monoisotopic (exact) mass is 373 g/mol. The Morgan fingerprint density at radius 3 is 2.88 bits per heavy atom. The first-order chi connectivity index (χ1) is 12.7. The summed E-state index contributed by atoms with van der Waals surface area (Å²) in [5.74, 6) is -0.0783. The highest BCUT2D eigenvalue weighted by atomic mass is 32.1. The second-order valence-electron chi connectivity index (χ2n) is 6.19. The first-order valence-electron chi connectivity index (χ1n) is 8.83. The molecule has 1 aliphatic heterocycles. The average molecular weight is 373 g/mol. The first-order valence-corrected chi connectivity index (χ1v) is 9.65. The van der Waals surface area contributed by atoms with Gasteiger partial charge in [0.1, 0.15) is 5.01 Å². The predicted octanol–water partition coefficient (Wildman–Crippen LogP) is 1.47. The number of carbonyl (C=O) groups is 2. The maximum atomic E-state index is 12.3. The standard InChI is InChI=1S/C18H23N5O2S/c1-2-16-21-22-18(26-16)20-15(24)8-10-23-11-9-19-17(25)14(23)12-13-6-4-3-5-7-13/h3-7,14H,2,8-12H2,1H3,(H,19,25)(H,20,22,24)/t14-/m0/s1. The number of benzene rings is 1. The lowest BCUT2D eigenvalue weighted by atomic mass is 10.0. The summed E-state index contributed by atoms with van der Waals surface area (Å²) in [6.07, 6.45) is 1.77. The minimum absolute atomic E-state index is 0.0252. The molecule has 7 nitrogen and oxygen atoms in total. The third kappa shape index (κ3) is 4.86. The molecule has 138 valence electrons. The number of piperazine rings is 1. The zero-order chi connectivity index (χ0) is 18.4. The van der Waals surface area contributed by atoms with E-state index in [1.807, 2.05) is 37.3 Å². The Morgan fingerprint density at radius 1 is 1.35 bits per heavy atom. The normalized spacial score (nSPS) is 17.7. The van der Waals surface area contributed by atoms with Gasteiger partial charge in [0, 0.05) is 26.1 Å². The highest BCUT2D eigenvalue weighted by molar-refractivity contribution is 7.15. The van der Waals surface area contributed by atoms with Crippen molar-refractivity contribution in [3.8, 4) is 0 Å². The summed E-state index contributed by atoms with van der Waals surface area (Å²) in [5.41, 5.74) is 1.12. The average Bonchev–Trinajstić information content (AvgIpc) is 3.10. The van der Waals surface area contributed by atoms with Gasteiger partial charge in [0.25, 0.3) is 0 Å². The Kier molecular flexibility index (Phi) is 6.30. The highest BCUT2D eigenvalue weighted by Crippen LogP contribution is 2.16. The van der Waals surface area contributed by atoms with Crippen LogP contribution >= 0.6 is 11.3 Å². The number of anilines is 1. The van der Waals surface area contributed by atoms with Crippen LogP contribution in [0.5, 0.6) is 0 Å². The zero-order valence-electron chi connectivity index (χ0n) is 14.8. The molecule has 0 unspecified atom stereocenters. The molecule has 3 rings (SSSR count). The molecule has 8 heteroatoms. The Balaban J connectivity index is 1.55. The molecule has 1 fully saturated rings. The van der Waals surface area contributed by atoms with Gasteiger partial charge in [0.2, 0.25) is 16.9 Å². The molecule has 1 saturated heterocycles. The van der Waals surface area contributed by atoms with Crippen LogP contribution in [0.2, 0.25) is 0 Å². The molecule has 2 amide bonds. The van der Waals surface area contributed by atoms with E-state index in [-0.39, 0.29) is 17.9 Å². The molecule has 2 N–H and O–H groups in total. The van der Waals surface area contributed by atoms with Crippen molar-refractivity contribution in [3.63, 3.8) is 0 Å². The van der Waals surface area contributed by atoms with E-state index in [4.69, 9.17) is 0 Å². The molecule has 0 spiro atoms. The molecule has 0 aliphatic carbocycles. The van der Waals surface area contributed by atoms with Gasteiger partial charge in [-0.3, -0.25) is 14.5 Å². The second kappa shape index (κ2) is 8.86. The van der Waals surface area contributed by atoms with E-state index in [1.54, 1.807) is 0 Å². The lowest BCUT2D eigenvalue weighted by molar-refractivity contribution is -0.129. The molecule has 1 aromatic heterocycles. The number of hydrogen-bond acceptors (Lipinski definition) is 6. The number of nitrogens with one attached hydrogen (secondary N) is 2. The topological polar surface area (TPSA) is 87.2 Å². The van der Waals surface area contributed by atoms with Gasteiger partial charge in [0.15, 0.2) is 0 Å². The maximum absolute atomic E-state index is 12.3. The minimum Gasteiger partial charge on any atom is -0.353 e. The Bertz CT molecular complexity index is 749. The largest absolute Gasteiger partial charge is 0.353 e. The molecule has 0 bridgehead atoms. The Labute approximate surface area is 156 Å². The van der Waals surface area contributed by atoms with Gasteiger partial charge in [-0.25, -0.2) is 0 Å². The fourth-order valence-electron chi connectivity index (χ4n) is 2.96. The van der Waals surface area contributed by atoms with Crippen LogP contribution in [0.3, 0.4) is 0 Å². The van der Waals surface area contributed by atoms with Gasteiger partial charge >= 0.3 is 0 Å². The summed E-state index contributed by atoms with van der Waals surface area (Å²) in [4.78, 5) is 26.6. The smallest absolute Gasteiger partial charge is 0.237 e. The third-order valence-corrected chi connectivity index (χ3v) is 5.34. The molecular formula is C18H23N5O2S. The van der Waals surface area contributed by atoms with E-state index in [9.17, 15) is 9.59 Å². The number of carbonyl (C=O) groups excluding carboxylic acids is 2. The lowest BCUT2D eigenvalue weighted by Gasteiger charge is -2.35. The maximum Gasteiger partial charge on any atom is 0.237 e. The predicted molar refractivity (Wildman–Crippen MR) is 101 cm³/mol. The van der Waals surface area contributed by atoms with Crippen LogP contribution in [0.1, 0.15) is 23.9 Å². The second-order valence-corrected chi connectivity index (χ2v) is 7.25. The van der Waals surface area contributed by atoms with Crippen molar-refractivity contribution >= 4 is 28.3 Å². The van der Waals surface area contributed by atoms with Crippen molar-refractivity contribution in [2.24, 2.45) is 0 Å². The fraction of sp³-hybridized carbons (Fsp3) is 0.444. The number of hydrogen-bond donors (Lipinski definition) is 2. The van der Waals surface area contributed by atoms with Crippen LogP contribution in [-0.2, 0) is 22.4 Å². The molecule has 1 aliphatic rings. The van der Waals surface area contributed by atoms with Crippen LogP contribution < -0.4 is 10.6 Å². The number of amides is 2. The van der Waals surface area contributed by atoms with Gasteiger partial charge < -0.3 is 10.6 Å². The van der Waals surface area contributed by atoms with Crippen molar-refractivity contribution in [3.05, 3.63) is 40.9 Å². The Morgan fingerprint density at radius 2 is 2.15 bits per heavy atom. The number of nitrogens with zero attached hydrogens (tertiary/aromatic N) is 3. The molecule has 2 heterocycles. The molecule has 1 aromatic carbocycles. The zero-order valence-corrected chi connectivity index (χ0v) is 15.6. The number of aryl methyl sites for hydroxylation is 1. The van der Waals surface area contributed by atoms with Crippen LogP contribution in [0, 0.1) is 0 Å². The van der Waals surface area contributed by atoms with Crippen molar-refractivity contribution < 1.29 is 9.59 Å². The van der Waals surface area contributed by atoms with Gasteiger partial charge in [-0.15, -0.1) is 10.2 Å². The van der Waals surface area contributed by atoms with E-state index in [0.717, 1.165) is 23.5 Å². The molecule has 0 radical (unpaired) electrons. The van der Waals surface area contributed by atoms with Gasteiger partial charge in [0.05, 0.1) is 6.04 Å². The van der Waals surface area contributed by atoms with Gasteiger partial charge in [-0.1, -0.05) is 48.6 Å². The van der Waals surface area contributed by atoms with Crippen molar-refractivity contribution in [2.75, 3.05) is 25.0 Å². The summed E-state index contributed by atoms with van der Waals surface area (Å²) >= 11 is 1.39. The van der Waals surface area contributed by atoms with Crippen LogP contribution in [-0.4, -0.2) is 52.6 Å². The summed E-state index contributed by atoms with van der Waals surface area (Å²) in [6.45, 7) is 3.90. The highest BCUT2D eigenvalue weighted by Gasteiger charge is 2.29. The van der Waals surface area contributed by atoms with Crippen molar-refractivity contribution in [2.45, 2.75) is 32.2 Å². The summed E-state index contributed by atoms with van der Waals surface area (Å²) < 4.78 is 0. The SMILES string of the molecule is CCc1nnc(NC(=O)CCN2CCNC(=O)[C@@H]2Cc2ccccc2)s1. The summed E-state index contributed by atoms with van der Waals surface area (Å²) in [6, 6.07) is 9.71. The van der Waals surface area contributed by atoms with Crippen LogP contribution in [0.25, 0.3) is 0 Å². The minimum atomic E-state index is -0.243. The molecule has 0 saturated carbocycles. The number of rotatable bonds is 7. The third-order valence-electron chi connectivity index (χ3n) is 4.36. The van der Waals surface area contributed by atoms with Crippen molar-refractivity contribution in [1.82, 2.24) is 20.4 Å². The van der Waals surface area contributed by atoms with Gasteiger partial charge in [-0.2, -0.15) is 0 Å². The molecule has 2 aromatic rings. The van der Waals surface area contributed by atoms with E-state index in [0.29, 0.717) is 31.1 Å².